The van der Waals surface area contributed by atoms with E-state index < -0.39 is 22.8 Å². The Morgan fingerprint density at radius 1 is 0.902 bits per heavy atom. The highest BCUT2D eigenvalue weighted by Crippen LogP contribution is 2.77. The van der Waals surface area contributed by atoms with Gasteiger partial charge in [0.2, 0.25) is 0 Å². The van der Waals surface area contributed by atoms with Crippen molar-refractivity contribution in [3.63, 3.8) is 0 Å². The number of ether oxygens (including phenoxy) is 1. The van der Waals surface area contributed by atoms with E-state index >= 15 is 0 Å². The summed E-state index contributed by atoms with van der Waals surface area (Å²) in [7, 11) is 0. The van der Waals surface area contributed by atoms with Gasteiger partial charge < -0.3 is 9.84 Å². The number of aryl methyl sites for hydroxylation is 1. The molecule has 4 saturated carbocycles. The largest absolute Gasteiger partial charge is 0.481 e. The highest BCUT2D eigenvalue weighted by molar-refractivity contribution is 6.30. The Balaban J connectivity index is 1.28. The van der Waals surface area contributed by atoms with Gasteiger partial charge in [0.25, 0.3) is 0 Å². The molecule has 0 bridgehead atoms. The molecule has 6 rings (SSSR count). The summed E-state index contributed by atoms with van der Waals surface area (Å²) in [5, 5.41) is 10.3. The summed E-state index contributed by atoms with van der Waals surface area (Å²) in [6.07, 6.45) is 8.62. The van der Waals surface area contributed by atoms with Gasteiger partial charge in [0.1, 0.15) is 11.9 Å². The van der Waals surface area contributed by atoms with Crippen LogP contribution in [0, 0.1) is 56.2 Å². The van der Waals surface area contributed by atoms with Crippen LogP contribution in [0.3, 0.4) is 0 Å². The first kappa shape index (κ1) is 38.3. The van der Waals surface area contributed by atoms with E-state index in [0.29, 0.717) is 36.1 Å². The molecule has 0 aromatic heterocycles. The lowest BCUT2D eigenvalue weighted by Gasteiger charge is -2.72. The van der Waals surface area contributed by atoms with Gasteiger partial charge in [-0.2, -0.15) is 0 Å². The molecule has 0 unspecified atom stereocenters. The average molecular weight is 721 g/mol. The van der Waals surface area contributed by atoms with Crippen molar-refractivity contribution in [3.05, 3.63) is 46.0 Å². The molecule has 0 amide bonds. The summed E-state index contributed by atoms with van der Waals surface area (Å²) in [6, 6.07) is 7.76. The summed E-state index contributed by atoms with van der Waals surface area (Å²) in [4.78, 5) is 53.3. The third-order valence-electron chi connectivity index (χ3n) is 15.9. The van der Waals surface area contributed by atoms with Gasteiger partial charge >= 0.3 is 11.9 Å². The van der Waals surface area contributed by atoms with Crippen molar-refractivity contribution in [1.82, 2.24) is 0 Å². The van der Waals surface area contributed by atoms with Crippen molar-refractivity contribution >= 4 is 35.1 Å². The maximum Gasteiger partial charge on any atom is 0.309 e. The van der Waals surface area contributed by atoms with Crippen LogP contribution in [0.4, 0.5) is 0 Å². The van der Waals surface area contributed by atoms with Crippen LogP contribution >= 0.6 is 11.6 Å². The Bertz CT molecular complexity index is 1640. The maximum absolute atomic E-state index is 14.5. The zero-order chi connectivity index (χ0) is 37.5. The summed E-state index contributed by atoms with van der Waals surface area (Å²) in [6.45, 7) is 19.5. The first-order valence-corrected chi connectivity index (χ1v) is 20.0. The zero-order valence-electron chi connectivity index (χ0n) is 32.5. The predicted molar refractivity (Wildman–Crippen MR) is 200 cm³/mol. The second-order valence-electron chi connectivity index (χ2n) is 19.5. The fourth-order valence-electron chi connectivity index (χ4n) is 12.9. The monoisotopic (exact) mass is 720 g/mol. The number of carboxylic acid groups (broad SMARTS) is 1. The predicted octanol–water partition coefficient (Wildman–Crippen LogP) is 10.2. The lowest BCUT2D eigenvalue weighted by atomic mass is 9.33. The first-order chi connectivity index (χ1) is 23.6. The molecule has 4 fully saturated rings. The minimum absolute atomic E-state index is 0.0332. The molecule has 0 heterocycles. The van der Waals surface area contributed by atoms with E-state index in [2.05, 4.69) is 48.5 Å². The first-order valence-electron chi connectivity index (χ1n) is 19.6. The molecule has 51 heavy (non-hydrogen) atoms. The number of rotatable bonds is 9. The number of Topliss-reactive ketones (excluding diaryl/α,β-unsaturated/α-hetero) is 2. The smallest absolute Gasteiger partial charge is 0.309 e. The van der Waals surface area contributed by atoms with E-state index in [9.17, 15) is 24.3 Å². The van der Waals surface area contributed by atoms with Crippen LogP contribution in [-0.2, 0) is 30.3 Å². The summed E-state index contributed by atoms with van der Waals surface area (Å²) < 4.78 is 6.15. The maximum atomic E-state index is 14.5. The fourth-order valence-corrected chi connectivity index (χ4v) is 13.1. The van der Waals surface area contributed by atoms with E-state index in [1.54, 1.807) is 13.8 Å². The summed E-state index contributed by atoms with van der Waals surface area (Å²) in [5.74, 6) is 0.130. The summed E-state index contributed by atoms with van der Waals surface area (Å²) in [5.41, 5.74) is 1.20. The van der Waals surface area contributed by atoms with Crippen molar-refractivity contribution in [2.75, 3.05) is 0 Å². The number of fused-ring (bicyclic) bond motifs is 7. The van der Waals surface area contributed by atoms with Crippen molar-refractivity contribution in [3.8, 4) is 0 Å². The number of hydrogen-bond donors (Lipinski definition) is 1. The van der Waals surface area contributed by atoms with Crippen LogP contribution < -0.4 is 0 Å². The minimum Gasteiger partial charge on any atom is -0.481 e. The van der Waals surface area contributed by atoms with Crippen LogP contribution in [0.2, 0.25) is 5.02 Å². The molecule has 5 aliphatic rings. The molecule has 8 atom stereocenters. The van der Waals surface area contributed by atoms with E-state index in [4.69, 9.17) is 16.3 Å². The van der Waals surface area contributed by atoms with E-state index in [0.717, 1.165) is 62.5 Å². The van der Waals surface area contributed by atoms with Gasteiger partial charge in [-0.3, -0.25) is 19.2 Å². The third kappa shape index (κ3) is 5.87. The van der Waals surface area contributed by atoms with Gasteiger partial charge in [0.15, 0.2) is 5.78 Å². The van der Waals surface area contributed by atoms with Crippen LogP contribution in [-0.4, -0.2) is 34.7 Å². The number of ketones is 2. The van der Waals surface area contributed by atoms with Gasteiger partial charge in [-0.05, 0) is 140 Å². The molecule has 0 radical (unpaired) electrons. The van der Waals surface area contributed by atoms with E-state index in [1.807, 2.05) is 24.3 Å². The molecule has 1 aromatic carbocycles. The SMILES string of the molecule is CC(C)C1=C2[C@H]3CC[C@@H]4[C@@]5(C)CC[C@H](OC(=O)CC(C)(C)C(=O)O)C(C)(C)[C@@H]5CC[C@@]4(C)[C@]3(C)CC[C@@]2(C(=O)CCc2ccc(Cl)cc2)CC1=O. The molecule has 0 saturated heterocycles. The second-order valence-corrected chi connectivity index (χ2v) is 20.0. The number of hydrogen-bond acceptors (Lipinski definition) is 5. The van der Waals surface area contributed by atoms with Crippen molar-refractivity contribution in [2.24, 2.45) is 56.2 Å². The molecular weight excluding hydrogens is 660 g/mol. The highest BCUT2D eigenvalue weighted by Gasteiger charge is 2.70. The summed E-state index contributed by atoms with van der Waals surface area (Å²) >= 11 is 6.14. The standard InChI is InChI=1S/C44H61ClO6/c1-26(2)36-30(46)24-44(33(47)17-12-27-10-13-28(45)14-11-27)23-22-42(8)29(37(36)44)15-16-32-41(7)20-19-34(51-35(48)25-39(3,4)38(49)50)40(5,6)31(41)18-21-43(32,42)9/h10-11,13-14,26,29,31-32,34H,12,15-25H2,1-9H3,(H,49,50)/t29-,31+,32-,34+,41+,42-,43-,44+/m1/s1. The van der Waals surface area contributed by atoms with E-state index in [1.165, 1.54) is 5.57 Å². The normalized spacial score (nSPS) is 37.3. The third-order valence-corrected chi connectivity index (χ3v) is 16.1. The van der Waals surface area contributed by atoms with Crippen LogP contribution in [0.5, 0.6) is 0 Å². The number of carbonyl (C=O) groups is 4. The fraction of sp³-hybridized carbons (Fsp3) is 0.727. The molecule has 6 nitrogen and oxygen atoms in total. The Hall–Kier alpha value is -2.47. The van der Waals surface area contributed by atoms with Gasteiger partial charge in [-0.15, -0.1) is 0 Å². The Morgan fingerprint density at radius 3 is 2.20 bits per heavy atom. The lowest BCUT2D eigenvalue weighted by molar-refractivity contribution is -0.233. The topological polar surface area (TPSA) is 97.7 Å². The van der Waals surface area contributed by atoms with E-state index in [-0.39, 0.29) is 57.6 Å². The van der Waals surface area contributed by atoms with Gasteiger partial charge in [0.05, 0.1) is 17.3 Å². The molecule has 280 valence electrons. The number of carboxylic acids is 1. The van der Waals surface area contributed by atoms with Crippen LogP contribution in [0.15, 0.2) is 35.4 Å². The van der Waals surface area contributed by atoms with Crippen molar-refractivity contribution in [2.45, 2.75) is 145 Å². The molecular formula is C44H61ClO6. The van der Waals surface area contributed by atoms with Crippen LogP contribution in [0.25, 0.3) is 0 Å². The quantitative estimate of drug-likeness (QED) is 0.255. The van der Waals surface area contributed by atoms with Crippen LogP contribution in [0.1, 0.15) is 139 Å². The number of esters is 1. The van der Waals surface area contributed by atoms with Gasteiger partial charge in [-0.25, -0.2) is 0 Å². The average Bonchev–Trinajstić information content (AvgIpc) is 3.35. The number of halogens is 1. The van der Waals surface area contributed by atoms with Crippen molar-refractivity contribution in [1.29, 1.82) is 0 Å². The molecule has 1 aromatic rings. The minimum atomic E-state index is -1.17. The van der Waals surface area contributed by atoms with Gasteiger partial charge in [-0.1, -0.05) is 72.2 Å². The number of aliphatic carboxylic acids is 1. The number of benzene rings is 1. The Labute approximate surface area is 310 Å². The Morgan fingerprint density at radius 2 is 1.57 bits per heavy atom. The molecule has 0 aliphatic heterocycles. The Kier molecular flexibility index (Phi) is 9.63. The molecule has 5 aliphatic carbocycles. The number of carbonyl (C=O) groups excluding carboxylic acids is 3. The molecule has 7 heteroatoms. The zero-order valence-corrected chi connectivity index (χ0v) is 33.3. The lowest BCUT2D eigenvalue weighted by Crippen LogP contribution is -2.66. The molecule has 0 spiro atoms. The second kappa shape index (κ2) is 12.8. The van der Waals surface area contributed by atoms with Gasteiger partial charge in [0, 0.05) is 23.3 Å². The molecule has 1 N–H and O–H groups in total. The number of allylic oxidation sites excluding steroid dienone is 2. The highest BCUT2D eigenvalue weighted by atomic mass is 35.5. The van der Waals surface area contributed by atoms with Crippen molar-refractivity contribution < 1.29 is 29.0 Å².